The molecule has 1 aliphatic heterocycles. The van der Waals surface area contributed by atoms with Crippen LogP contribution in [0.25, 0.3) is 0 Å². The van der Waals surface area contributed by atoms with E-state index in [-0.39, 0.29) is 5.75 Å². The molecule has 0 aliphatic carbocycles. The normalized spacial score (nSPS) is 22.3. The number of hydrogen-bond donors (Lipinski definition) is 1. The van der Waals surface area contributed by atoms with Gasteiger partial charge in [0.2, 0.25) is 0 Å². The van der Waals surface area contributed by atoms with E-state index in [1.165, 1.54) is 25.7 Å². The zero-order valence-corrected chi connectivity index (χ0v) is 10.3. The monoisotopic (exact) mass is 236 g/mol. The molecular weight excluding hydrogens is 214 g/mol. The van der Waals surface area contributed by atoms with Crippen molar-refractivity contribution in [3.8, 4) is 0 Å². The fourth-order valence-corrected chi connectivity index (χ4v) is 2.80. The molecule has 0 bridgehead atoms. The van der Waals surface area contributed by atoms with Crippen LogP contribution in [0.1, 0.15) is 32.1 Å². The van der Waals surface area contributed by atoms with Crippen LogP contribution in [-0.2, 0) is 10.1 Å². The molecule has 0 atom stereocenters. The summed E-state index contributed by atoms with van der Waals surface area (Å²) in [5.41, 5.74) is 0. The Morgan fingerprint density at radius 3 is 2.13 bits per heavy atom. The second-order valence-electron chi connectivity index (χ2n) is 4.84. The Morgan fingerprint density at radius 2 is 1.67 bits per heavy atom. The first-order valence-corrected chi connectivity index (χ1v) is 7.31. The largest absolute Gasteiger partial charge is 0.326 e. The standard InChI is InChI=1S/C10H21NO3S/c1-11(7-4-2-3-5-8-11)9-6-10-15(12,13)14/h2-10H2,1H3/p+1. The van der Waals surface area contributed by atoms with Gasteiger partial charge in [-0.25, -0.2) is 0 Å². The van der Waals surface area contributed by atoms with Gasteiger partial charge in [0.25, 0.3) is 10.1 Å². The molecule has 0 amide bonds. The molecule has 4 nitrogen and oxygen atoms in total. The molecule has 1 N–H and O–H groups in total. The molecular formula is C10H22NO3S+. The molecule has 1 heterocycles. The van der Waals surface area contributed by atoms with E-state index in [0.717, 1.165) is 24.1 Å². The molecule has 15 heavy (non-hydrogen) atoms. The molecule has 0 saturated carbocycles. The first kappa shape index (κ1) is 12.9. The first-order chi connectivity index (χ1) is 6.91. The van der Waals surface area contributed by atoms with Crippen LogP contribution < -0.4 is 0 Å². The highest BCUT2D eigenvalue weighted by Crippen LogP contribution is 2.16. The van der Waals surface area contributed by atoms with Gasteiger partial charge in [-0.1, -0.05) is 0 Å². The van der Waals surface area contributed by atoms with Gasteiger partial charge >= 0.3 is 0 Å². The Kier molecular flexibility index (Phi) is 4.55. The average Bonchev–Trinajstić information content (AvgIpc) is 2.28. The third-order valence-corrected chi connectivity index (χ3v) is 4.05. The van der Waals surface area contributed by atoms with Gasteiger partial charge in [-0.15, -0.1) is 0 Å². The molecule has 0 aromatic heterocycles. The summed E-state index contributed by atoms with van der Waals surface area (Å²) < 4.78 is 30.8. The van der Waals surface area contributed by atoms with Gasteiger partial charge in [-0.05, 0) is 25.7 Å². The molecule has 0 radical (unpaired) electrons. The van der Waals surface area contributed by atoms with Crippen molar-refractivity contribution in [3.05, 3.63) is 0 Å². The van der Waals surface area contributed by atoms with Crippen molar-refractivity contribution in [1.29, 1.82) is 0 Å². The summed E-state index contributed by atoms with van der Waals surface area (Å²) >= 11 is 0. The minimum absolute atomic E-state index is 0.0964. The third-order valence-electron chi connectivity index (χ3n) is 3.25. The van der Waals surface area contributed by atoms with Crippen LogP contribution in [0.2, 0.25) is 0 Å². The first-order valence-electron chi connectivity index (χ1n) is 5.70. The number of rotatable bonds is 4. The molecule has 90 valence electrons. The zero-order valence-electron chi connectivity index (χ0n) is 9.48. The summed E-state index contributed by atoms with van der Waals surface area (Å²) in [5.74, 6) is -0.0964. The Bertz CT molecular complexity index is 279. The lowest BCUT2D eigenvalue weighted by Crippen LogP contribution is -2.45. The van der Waals surface area contributed by atoms with E-state index in [2.05, 4.69) is 7.05 Å². The summed E-state index contributed by atoms with van der Waals surface area (Å²) in [6.07, 6.45) is 5.64. The average molecular weight is 236 g/mol. The Labute approximate surface area is 92.6 Å². The van der Waals surface area contributed by atoms with Gasteiger partial charge in [-0.2, -0.15) is 8.42 Å². The Balaban J connectivity index is 2.34. The van der Waals surface area contributed by atoms with Crippen molar-refractivity contribution in [1.82, 2.24) is 0 Å². The van der Waals surface area contributed by atoms with Crippen LogP contribution in [0.5, 0.6) is 0 Å². The molecule has 1 fully saturated rings. The second kappa shape index (κ2) is 5.27. The van der Waals surface area contributed by atoms with Gasteiger partial charge in [0, 0.05) is 6.42 Å². The summed E-state index contributed by atoms with van der Waals surface area (Å²) in [7, 11) is -1.58. The maximum absolute atomic E-state index is 10.6. The van der Waals surface area contributed by atoms with Crippen molar-refractivity contribution in [3.63, 3.8) is 0 Å². The van der Waals surface area contributed by atoms with Crippen molar-refractivity contribution in [2.75, 3.05) is 32.4 Å². The lowest BCUT2D eigenvalue weighted by atomic mass is 10.2. The number of hydrogen-bond acceptors (Lipinski definition) is 2. The van der Waals surface area contributed by atoms with E-state index in [1.54, 1.807) is 0 Å². The lowest BCUT2D eigenvalue weighted by Gasteiger charge is -2.33. The van der Waals surface area contributed by atoms with E-state index in [0.29, 0.717) is 6.42 Å². The van der Waals surface area contributed by atoms with Crippen molar-refractivity contribution in [2.24, 2.45) is 0 Å². The van der Waals surface area contributed by atoms with Crippen LogP contribution >= 0.6 is 0 Å². The summed E-state index contributed by atoms with van der Waals surface area (Å²) in [6.45, 7) is 3.15. The molecule has 0 spiro atoms. The fourth-order valence-electron chi connectivity index (χ4n) is 2.30. The van der Waals surface area contributed by atoms with Gasteiger partial charge < -0.3 is 4.48 Å². The molecule has 1 rings (SSSR count). The Hall–Kier alpha value is -0.130. The summed E-state index contributed by atoms with van der Waals surface area (Å²) in [6, 6.07) is 0. The van der Waals surface area contributed by atoms with Gasteiger partial charge in [0.15, 0.2) is 0 Å². The van der Waals surface area contributed by atoms with Crippen molar-refractivity contribution in [2.45, 2.75) is 32.1 Å². The molecule has 0 unspecified atom stereocenters. The molecule has 5 heteroatoms. The van der Waals surface area contributed by atoms with E-state index < -0.39 is 10.1 Å². The molecule has 0 aromatic carbocycles. The van der Waals surface area contributed by atoms with E-state index in [4.69, 9.17) is 4.55 Å². The highest BCUT2D eigenvalue weighted by atomic mass is 32.2. The number of likely N-dealkylation sites (tertiary alicyclic amines) is 1. The highest BCUT2D eigenvalue weighted by Gasteiger charge is 2.23. The van der Waals surface area contributed by atoms with Gasteiger partial charge in [-0.3, -0.25) is 4.55 Å². The Morgan fingerprint density at radius 1 is 1.13 bits per heavy atom. The fraction of sp³-hybridized carbons (Fsp3) is 1.00. The van der Waals surface area contributed by atoms with E-state index >= 15 is 0 Å². The van der Waals surface area contributed by atoms with Crippen LogP contribution in [0.15, 0.2) is 0 Å². The summed E-state index contributed by atoms with van der Waals surface area (Å²) in [5, 5.41) is 0. The SMILES string of the molecule is C[N+]1(CCCS(=O)(=O)O)CCCCCC1. The number of quaternary nitrogens is 1. The smallest absolute Gasteiger partial charge is 0.265 e. The second-order valence-corrected chi connectivity index (χ2v) is 6.42. The van der Waals surface area contributed by atoms with Crippen LogP contribution in [0, 0.1) is 0 Å². The van der Waals surface area contributed by atoms with Crippen LogP contribution in [0.4, 0.5) is 0 Å². The minimum atomic E-state index is -3.77. The third kappa shape index (κ3) is 5.49. The lowest BCUT2D eigenvalue weighted by molar-refractivity contribution is -0.908. The topological polar surface area (TPSA) is 54.4 Å². The molecule has 0 aromatic rings. The molecule has 1 saturated heterocycles. The van der Waals surface area contributed by atoms with Gasteiger partial charge in [0.05, 0.1) is 32.4 Å². The van der Waals surface area contributed by atoms with Gasteiger partial charge in [0.1, 0.15) is 0 Å². The van der Waals surface area contributed by atoms with E-state index in [9.17, 15) is 8.42 Å². The summed E-state index contributed by atoms with van der Waals surface area (Å²) in [4.78, 5) is 0. The van der Waals surface area contributed by atoms with Crippen LogP contribution in [0.3, 0.4) is 0 Å². The van der Waals surface area contributed by atoms with Crippen molar-refractivity contribution < 1.29 is 17.5 Å². The van der Waals surface area contributed by atoms with E-state index in [1.807, 2.05) is 0 Å². The van der Waals surface area contributed by atoms with Crippen LogP contribution in [-0.4, -0.2) is 49.9 Å². The molecule has 1 aliphatic rings. The predicted molar refractivity (Wildman–Crippen MR) is 60.3 cm³/mol. The quantitative estimate of drug-likeness (QED) is 0.591. The maximum Gasteiger partial charge on any atom is 0.265 e. The maximum atomic E-state index is 10.6. The predicted octanol–water partition coefficient (Wildman–Crippen LogP) is 1.28. The highest BCUT2D eigenvalue weighted by molar-refractivity contribution is 7.85. The van der Waals surface area contributed by atoms with Crippen molar-refractivity contribution >= 4 is 10.1 Å². The zero-order chi connectivity index (χ0) is 11.4. The minimum Gasteiger partial charge on any atom is -0.326 e. The number of nitrogens with zero attached hydrogens (tertiary/aromatic N) is 1.